The van der Waals surface area contributed by atoms with Gasteiger partial charge in [0.1, 0.15) is 11.4 Å². The summed E-state index contributed by atoms with van der Waals surface area (Å²) in [5.41, 5.74) is 0.534. The summed E-state index contributed by atoms with van der Waals surface area (Å²) in [7, 11) is 0. The summed E-state index contributed by atoms with van der Waals surface area (Å²) in [5.74, 6) is -0.222. The molecular weight excluding hydrogens is 171 g/mol. The second-order valence-electron chi connectivity index (χ2n) is 2.85. The summed E-state index contributed by atoms with van der Waals surface area (Å²) in [6.07, 6.45) is 0. The van der Waals surface area contributed by atoms with E-state index >= 15 is 0 Å². The predicted octanol–water partition coefficient (Wildman–Crippen LogP) is 2.77. The Labute approximate surface area is 74.0 Å². The molecule has 0 aliphatic heterocycles. The summed E-state index contributed by atoms with van der Waals surface area (Å²) < 4.78 is 17.9. The zero-order valence-electron chi connectivity index (χ0n) is 7.00. The molecule has 1 aromatic heterocycles. The summed E-state index contributed by atoms with van der Waals surface area (Å²) in [6, 6.07) is 5.69. The molecule has 2 rings (SSSR count). The Balaban J connectivity index is 2.68. The van der Waals surface area contributed by atoms with Crippen LogP contribution in [0.4, 0.5) is 4.39 Å². The van der Waals surface area contributed by atoms with Crippen molar-refractivity contribution in [1.29, 1.82) is 0 Å². The van der Waals surface area contributed by atoms with Gasteiger partial charge in [-0.15, -0.1) is 0 Å². The van der Waals surface area contributed by atoms with Crippen LogP contribution in [0.15, 0.2) is 28.7 Å². The number of benzene rings is 1. The lowest BCUT2D eigenvalue weighted by atomic mass is 10.2. The van der Waals surface area contributed by atoms with E-state index in [1.165, 1.54) is 25.1 Å². The number of furan rings is 1. The number of hydrogen-bond donors (Lipinski definition) is 0. The molecule has 0 unspecified atom stereocenters. The number of halogens is 1. The van der Waals surface area contributed by atoms with Gasteiger partial charge in [0.25, 0.3) is 0 Å². The SMILES string of the molecule is CC(=O)c1cc2cc(F)ccc2o1. The number of carbonyl (C=O) groups excluding carboxylic acids is 1. The van der Waals surface area contributed by atoms with Gasteiger partial charge in [0, 0.05) is 12.3 Å². The van der Waals surface area contributed by atoms with Crippen molar-refractivity contribution < 1.29 is 13.6 Å². The van der Waals surface area contributed by atoms with Crippen molar-refractivity contribution in [3.8, 4) is 0 Å². The molecule has 2 aromatic rings. The van der Waals surface area contributed by atoms with E-state index in [1.54, 1.807) is 6.07 Å². The first-order chi connectivity index (χ1) is 6.16. The molecule has 0 aliphatic carbocycles. The van der Waals surface area contributed by atoms with Crippen LogP contribution in [0.2, 0.25) is 0 Å². The molecule has 0 radical (unpaired) electrons. The van der Waals surface area contributed by atoms with Crippen LogP contribution in [0, 0.1) is 5.82 Å². The van der Waals surface area contributed by atoms with Crippen molar-refractivity contribution in [3.63, 3.8) is 0 Å². The smallest absolute Gasteiger partial charge is 0.194 e. The fourth-order valence-electron chi connectivity index (χ4n) is 1.19. The molecule has 0 saturated heterocycles. The largest absolute Gasteiger partial charge is 0.453 e. The highest BCUT2D eigenvalue weighted by Gasteiger charge is 2.07. The van der Waals surface area contributed by atoms with E-state index in [0.29, 0.717) is 11.0 Å². The van der Waals surface area contributed by atoms with Crippen molar-refractivity contribution in [2.24, 2.45) is 0 Å². The van der Waals surface area contributed by atoms with Crippen molar-refractivity contribution in [2.45, 2.75) is 6.92 Å². The summed E-state index contributed by atoms with van der Waals surface area (Å²) in [6.45, 7) is 1.41. The summed E-state index contributed by atoms with van der Waals surface area (Å²) in [4.78, 5) is 10.9. The van der Waals surface area contributed by atoms with Crippen LogP contribution in [-0.2, 0) is 0 Å². The van der Waals surface area contributed by atoms with Gasteiger partial charge in [-0.25, -0.2) is 4.39 Å². The Morgan fingerprint density at radius 3 is 2.85 bits per heavy atom. The molecule has 0 bridgehead atoms. The van der Waals surface area contributed by atoms with Gasteiger partial charge in [0.05, 0.1) is 0 Å². The fourth-order valence-corrected chi connectivity index (χ4v) is 1.19. The topological polar surface area (TPSA) is 30.2 Å². The second-order valence-corrected chi connectivity index (χ2v) is 2.85. The number of fused-ring (bicyclic) bond motifs is 1. The van der Waals surface area contributed by atoms with E-state index in [4.69, 9.17) is 4.42 Å². The number of rotatable bonds is 1. The minimum absolute atomic E-state index is 0.156. The third kappa shape index (κ3) is 1.33. The molecular formula is C10H7FO2. The van der Waals surface area contributed by atoms with Crippen LogP contribution in [0.1, 0.15) is 17.5 Å². The van der Waals surface area contributed by atoms with Crippen LogP contribution < -0.4 is 0 Å². The van der Waals surface area contributed by atoms with Crippen molar-refractivity contribution in [1.82, 2.24) is 0 Å². The van der Waals surface area contributed by atoms with Gasteiger partial charge in [-0.1, -0.05) is 0 Å². The molecule has 0 amide bonds. The monoisotopic (exact) mass is 178 g/mol. The van der Waals surface area contributed by atoms with Crippen LogP contribution in [0.3, 0.4) is 0 Å². The van der Waals surface area contributed by atoms with Crippen molar-refractivity contribution >= 4 is 16.8 Å². The third-order valence-corrected chi connectivity index (χ3v) is 1.83. The normalized spacial score (nSPS) is 10.6. The standard InChI is InChI=1S/C10H7FO2/c1-6(12)10-5-7-4-8(11)2-3-9(7)13-10/h2-5H,1H3. The van der Waals surface area contributed by atoms with Gasteiger partial charge in [0.2, 0.25) is 0 Å². The van der Waals surface area contributed by atoms with Crippen LogP contribution in [0.5, 0.6) is 0 Å². The molecule has 66 valence electrons. The molecule has 1 aromatic carbocycles. The first kappa shape index (κ1) is 7.98. The van der Waals surface area contributed by atoms with Gasteiger partial charge in [-0.05, 0) is 24.3 Å². The van der Waals surface area contributed by atoms with E-state index in [2.05, 4.69) is 0 Å². The van der Waals surface area contributed by atoms with Crippen molar-refractivity contribution in [3.05, 3.63) is 35.8 Å². The minimum atomic E-state index is -0.330. The molecule has 0 N–H and O–H groups in total. The second kappa shape index (κ2) is 2.69. The molecule has 0 spiro atoms. The van der Waals surface area contributed by atoms with E-state index in [9.17, 15) is 9.18 Å². The number of hydrogen-bond acceptors (Lipinski definition) is 2. The van der Waals surface area contributed by atoms with Gasteiger partial charge >= 0.3 is 0 Å². The van der Waals surface area contributed by atoms with E-state index in [0.717, 1.165) is 0 Å². The first-order valence-corrected chi connectivity index (χ1v) is 3.87. The Morgan fingerprint density at radius 1 is 1.38 bits per heavy atom. The Bertz CT molecular complexity index is 471. The van der Waals surface area contributed by atoms with Gasteiger partial charge in [0.15, 0.2) is 11.5 Å². The van der Waals surface area contributed by atoms with Gasteiger partial charge < -0.3 is 4.42 Å². The van der Waals surface area contributed by atoms with Crippen LogP contribution in [-0.4, -0.2) is 5.78 Å². The Morgan fingerprint density at radius 2 is 2.15 bits per heavy atom. The maximum atomic E-state index is 12.7. The van der Waals surface area contributed by atoms with E-state index in [1.807, 2.05) is 0 Å². The van der Waals surface area contributed by atoms with Crippen LogP contribution >= 0.6 is 0 Å². The minimum Gasteiger partial charge on any atom is -0.453 e. The average molecular weight is 178 g/mol. The molecule has 13 heavy (non-hydrogen) atoms. The molecule has 3 heteroatoms. The number of ketones is 1. The summed E-state index contributed by atoms with van der Waals surface area (Å²) in [5, 5.41) is 0.616. The van der Waals surface area contributed by atoms with E-state index < -0.39 is 0 Å². The third-order valence-electron chi connectivity index (χ3n) is 1.83. The zero-order chi connectivity index (χ0) is 9.42. The molecule has 2 nitrogen and oxygen atoms in total. The lowest BCUT2D eigenvalue weighted by Crippen LogP contribution is -1.85. The lowest BCUT2D eigenvalue weighted by molar-refractivity contribution is 0.0989. The number of carbonyl (C=O) groups is 1. The maximum absolute atomic E-state index is 12.7. The molecule has 0 atom stereocenters. The van der Waals surface area contributed by atoms with Gasteiger partial charge in [-0.2, -0.15) is 0 Å². The molecule has 0 fully saturated rings. The Kier molecular flexibility index (Phi) is 1.65. The zero-order valence-corrected chi connectivity index (χ0v) is 7.00. The highest BCUT2D eigenvalue weighted by molar-refractivity contribution is 5.95. The average Bonchev–Trinajstić information content (AvgIpc) is 2.46. The fraction of sp³-hybridized carbons (Fsp3) is 0.100. The van der Waals surface area contributed by atoms with E-state index in [-0.39, 0.29) is 17.4 Å². The number of Topliss-reactive ketones (excluding diaryl/α,β-unsaturated/α-hetero) is 1. The summed E-state index contributed by atoms with van der Waals surface area (Å²) >= 11 is 0. The Hall–Kier alpha value is -1.64. The predicted molar refractivity (Wildman–Crippen MR) is 46.2 cm³/mol. The van der Waals surface area contributed by atoms with Crippen molar-refractivity contribution in [2.75, 3.05) is 0 Å². The first-order valence-electron chi connectivity index (χ1n) is 3.87. The van der Waals surface area contributed by atoms with Crippen LogP contribution in [0.25, 0.3) is 11.0 Å². The van der Waals surface area contributed by atoms with Gasteiger partial charge in [-0.3, -0.25) is 4.79 Å². The lowest BCUT2D eigenvalue weighted by Gasteiger charge is -1.86. The maximum Gasteiger partial charge on any atom is 0.194 e. The molecule has 1 heterocycles. The quantitative estimate of drug-likeness (QED) is 0.628. The molecule has 0 saturated carbocycles. The molecule has 0 aliphatic rings. The highest BCUT2D eigenvalue weighted by Crippen LogP contribution is 2.20. The highest BCUT2D eigenvalue weighted by atomic mass is 19.1.